The highest BCUT2D eigenvalue weighted by Crippen LogP contribution is 2.26. The predicted molar refractivity (Wildman–Crippen MR) is 85.9 cm³/mol. The molecule has 2 N–H and O–H groups in total. The molecule has 0 aliphatic carbocycles. The average molecular weight is 412 g/mol. The minimum Gasteiger partial charge on any atom is -0.322 e. The molecule has 1 atom stereocenters. The second-order valence-corrected chi connectivity index (χ2v) is 5.63. The fourth-order valence-corrected chi connectivity index (χ4v) is 2.75. The van der Waals surface area contributed by atoms with Crippen molar-refractivity contribution >= 4 is 34.0 Å². The SMILES string of the molecule is Br.N[C@@H](Cc1ccc([N+](=O)[O-])cc1)c1csc(CC(F)(F)F)n1. The quantitative estimate of drug-likeness (QED) is 0.595. The number of hydrogen-bond acceptors (Lipinski definition) is 5. The van der Waals surface area contributed by atoms with Crippen molar-refractivity contribution < 1.29 is 18.1 Å². The van der Waals surface area contributed by atoms with Gasteiger partial charge in [-0.2, -0.15) is 13.2 Å². The van der Waals surface area contributed by atoms with E-state index in [1.165, 1.54) is 17.5 Å². The summed E-state index contributed by atoms with van der Waals surface area (Å²) in [5.74, 6) is 0. The first-order valence-electron chi connectivity index (χ1n) is 6.24. The van der Waals surface area contributed by atoms with Crippen LogP contribution in [0.25, 0.3) is 0 Å². The second-order valence-electron chi connectivity index (χ2n) is 4.69. The Labute approximate surface area is 144 Å². The summed E-state index contributed by atoms with van der Waals surface area (Å²) in [6.45, 7) is 0. The molecule has 2 rings (SSSR count). The van der Waals surface area contributed by atoms with Crippen molar-refractivity contribution in [2.75, 3.05) is 0 Å². The van der Waals surface area contributed by atoms with Crippen molar-refractivity contribution in [1.82, 2.24) is 4.98 Å². The standard InChI is InChI=1S/C13H12F3N3O2S.BrH/c14-13(15,16)6-12-18-11(7-22-12)10(17)5-8-1-3-9(4-2-8)19(20)21;/h1-4,7,10H,5-6,17H2;1H/t10-;/m0./s1. The van der Waals surface area contributed by atoms with E-state index >= 15 is 0 Å². The first-order valence-corrected chi connectivity index (χ1v) is 7.12. The third-order valence-corrected chi connectivity index (χ3v) is 3.77. The van der Waals surface area contributed by atoms with E-state index in [0.717, 1.165) is 16.9 Å². The fraction of sp³-hybridized carbons (Fsp3) is 0.308. The minimum atomic E-state index is -4.29. The van der Waals surface area contributed by atoms with Crippen LogP contribution < -0.4 is 5.73 Å². The van der Waals surface area contributed by atoms with Gasteiger partial charge in [-0.25, -0.2) is 4.98 Å². The predicted octanol–water partition coefficient (Wildman–Crippen LogP) is 3.98. The molecule has 0 amide bonds. The number of halogens is 4. The molecule has 23 heavy (non-hydrogen) atoms. The maximum Gasteiger partial charge on any atom is 0.395 e. The highest BCUT2D eigenvalue weighted by molar-refractivity contribution is 8.93. The number of nitro groups is 1. The van der Waals surface area contributed by atoms with E-state index < -0.39 is 23.6 Å². The van der Waals surface area contributed by atoms with E-state index in [9.17, 15) is 23.3 Å². The Morgan fingerprint density at radius 3 is 2.43 bits per heavy atom. The van der Waals surface area contributed by atoms with Gasteiger partial charge in [0, 0.05) is 17.5 Å². The molecule has 1 heterocycles. The molecule has 0 saturated heterocycles. The van der Waals surface area contributed by atoms with Crippen molar-refractivity contribution in [3.05, 3.63) is 56.0 Å². The Bertz CT molecular complexity index is 661. The van der Waals surface area contributed by atoms with E-state index in [2.05, 4.69) is 4.98 Å². The van der Waals surface area contributed by atoms with Crippen LogP contribution in [0.15, 0.2) is 29.6 Å². The molecule has 10 heteroatoms. The third kappa shape index (κ3) is 5.88. The van der Waals surface area contributed by atoms with Crippen LogP contribution in [0, 0.1) is 10.1 Å². The molecule has 0 aliphatic rings. The first-order chi connectivity index (χ1) is 10.2. The molecule has 0 saturated carbocycles. The number of nitro benzene ring substituents is 1. The van der Waals surface area contributed by atoms with Gasteiger partial charge in [0.1, 0.15) is 5.01 Å². The van der Waals surface area contributed by atoms with Gasteiger partial charge in [0.2, 0.25) is 0 Å². The normalized spacial score (nSPS) is 12.5. The Balaban J connectivity index is 0.00000264. The molecular formula is C13H13BrF3N3O2S. The van der Waals surface area contributed by atoms with Crippen LogP contribution in [-0.4, -0.2) is 16.1 Å². The number of alkyl halides is 3. The number of nitrogens with zero attached hydrogens (tertiary/aromatic N) is 2. The van der Waals surface area contributed by atoms with E-state index in [1.54, 1.807) is 12.1 Å². The van der Waals surface area contributed by atoms with Crippen molar-refractivity contribution in [3.63, 3.8) is 0 Å². The summed E-state index contributed by atoms with van der Waals surface area (Å²) < 4.78 is 36.8. The summed E-state index contributed by atoms with van der Waals surface area (Å²) >= 11 is 0.921. The molecule has 0 bridgehead atoms. The zero-order chi connectivity index (χ0) is 16.3. The highest BCUT2D eigenvalue weighted by Gasteiger charge is 2.29. The van der Waals surface area contributed by atoms with Gasteiger partial charge in [-0.1, -0.05) is 12.1 Å². The number of thiazole rings is 1. The summed E-state index contributed by atoms with van der Waals surface area (Å²) in [6.07, 6.45) is -5.02. The molecule has 2 aromatic rings. The van der Waals surface area contributed by atoms with Crippen molar-refractivity contribution in [2.45, 2.75) is 25.1 Å². The maximum absolute atomic E-state index is 12.3. The smallest absolute Gasteiger partial charge is 0.322 e. The fourth-order valence-electron chi connectivity index (χ4n) is 1.86. The molecule has 0 radical (unpaired) electrons. The molecule has 1 aromatic carbocycles. The summed E-state index contributed by atoms with van der Waals surface area (Å²) in [4.78, 5) is 13.9. The lowest BCUT2D eigenvalue weighted by Crippen LogP contribution is -2.15. The monoisotopic (exact) mass is 411 g/mol. The third-order valence-electron chi connectivity index (χ3n) is 2.90. The van der Waals surface area contributed by atoms with Gasteiger partial charge in [0.15, 0.2) is 0 Å². The van der Waals surface area contributed by atoms with Crippen LogP contribution in [0.4, 0.5) is 18.9 Å². The number of aromatic nitrogens is 1. The van der Waals surface area contributed by atoms with E-state index in [4.69, 9.17) is 5.73 Å². The zero-order valence-corrected chi connectivity index (χ0v) is 14.1. The van der Waals surface area contributed by atoms with Crippen molar-refractivity contribution in [1.29, 1.82) is 0 Å². The molecule has 126 valence electrons. The number of hydrogen-bond donors (Lipinski definition) is 1. The highest BCUT2D eigenvalue weighted by atomic mass is 79.9. The molecular weight excluding hydrogens is 399 g/mol. The molecule has 0 spiro atoms. The van der Waals surface area contributed by atoms with Crippen LogP contribution in [0.2, 0.25) is 0 Å². The van der Waals surface area contributed by atoms with Crippen LogP contribution in [0.3, 0.4) is 0 Å². The Kier molecular flexibility index (Phi) is 6.66. The Morgan fingerprint density at radius 1 is 1.30 bits per heavy atom. The average Bonchev–Trinajstić information content (AvgIpc) is 2.85. The van der Waals surface area contributed by atoms with Crippen LogP contribution in [0.5, 0.6) is 0 Å². The minimum absolute atomic E-state index is 0. The second kappa shape index (κ2) is 7.84. The summed E-state index contributed by atoms with van der Waals surface area (Å²) in [7, 11) is 0. The topological polar surface area (TPSA) is 82.0 Å². The van der Waals surface area contributed by atoms with Crippen molar-refractivity contribution in [3.8, 4) is 0 Å². The maximum atomic E-state index is 12.3. The van der Waals surface area contributed by atoms with Gasteiger partial charge >= 0.3 is 6.18 Å². The molecule has 0 fully saturated rings. The Hall–Kier alpha value is -1.52. The molecule has 5 nitrogen and oxygen atoms in total. The van der Waals surface area contributed by atoms with Crippen LogP contribution in [-0.2, 0) is 12.8 Å². The molecule has 0 aliphatic heterocycles. The van der Waals surface area contributed by atoms with Crippen LogP contribution in [0.1, 0.15) is 22.3 Å². The number of benzene rings is 1. The Morgan fingerprint density at radius 2 is 1.91 bits per heavy atom. The van der Waals surface area contributed by atoms with Crippen molar-refractivity contribution in [2.24, 2.45) is 5.73 Å². The lowest BCUT2D eigenvalue weighted by Gasteiger charge is -2.09. The largest absolute Gasteiger partial charge is 0.395 e. The first kappa shape index (κ1) is 19.5. The summed E-state index contributed by atoms with van der Waals surface area (Å²) in [5, 5.41) is 12.0. The van der Waals surface area contributed by atoms with E-state index in [-0.39, 0.29) is 27.7 Å². The van der Waals surface area contributed by atoms with Crippen LogP contribution >= 0.6 is 28.3 Å². The number of non-ortho nitro benzene ring substituents is 1. The van der Waals surface area contributed by atoms with Gasteiger partial charge < -0.3 is 5.73 Å². The van der Waals surface area contributed by atoms with E-state index in [0.29, 0.717) is 12.1 Å². The zero-order valence-electron chi connectivity index (χ0n) is 11.6. The number of rotatable bonds is 5. The van der Waals surface area contributed by atoms with Gasteiger partial charge in [-0.05, 0) is 12.0 Å². The van der Waals surface area contributed by atoms with Gasteiger partial charge in [-0.15, -0.1) is 28.3 Å². The van der Waals surface area contributed by atoms with E-state index in [1.807, 2.05) is 0 Å². The molecule has 1 aromatic heterocycles. The summed E-state index contributed by atoms with van der Waals surface area (Å²) in [6, 6.07) is 5.30. The van der Waals surface area contributed by atoms with Gasteiger partial charge in [0.25, 0.3) is 5.69 Å². The lowest BCUT2D eigenvalue weighted by atomic mass is 10.0. The summed E-state index contributed by atoms with van der Waals surface area (Å²) in [5.41, 5.74) is 7.05. The lowest BCUT2D eigenvalue weighted by molar-refractivity contribution is -0.384. The molecule has 0 unspecified atom stereocenters. The van der Waals surface area contributed by atoms with Gasteiger partial charge in [0.05, 0.1) is 23.1 Å². The number of nitrogens with two attached hydrogens (primary N) is 1. The van der Waals surface area contributed by atoms with Gasteiger partial charge in [-0.3, -0.25) is 10.1 Å².